The Balaban J connectivity index is 2.24. The number of hydrogen-bond donors (Lipinski definition) is 2. The van der Waals surface area contributed by atoms with Crippen LogP contribution in [0.3, 0.4) is 0 Å². The lowest BCUT2D eigenvalue weighted by atomic mass is 9.81. The van der Waals surface area contributed by atoms with Crippen molar-refractivity contribution in [2.45, 2.75) is 12.3 Å². The molecule has 15 heavy (non-hydrogen) atoms. The Kier molecular flexibility index (Phi) is 3.34. The molecule has 0 aromatic heterocycles. The summed E-state index contributed by atoms with van der Waals surface area (Å²) in [6.07, 6.45) is 1.04. The standard InChI is InChI=1S/C12H17FN2/c13-12-4-2-1-3-10(12)11-8-15-6-5-9(11)7-14/h1-4,9,11,15H,5-8,14H2. The van der Waals surface area contributed by atoms with Crippen molar-refractivity contribution >= 4 is 0 Å². The van der Waals surface area contributed by atoms with Crippen LogP contribution in [0, 0.1) is 11.7 Å². The van der Waals surface area contributed by atoms with Gasteiger partial charge in [-0.3, -0.25) is 0 Å². The van der Waals surface area contributed by atoms with Gasteiger partial charge in [0.2, 0.25) is 0 Å². The molecule has 1 fully saturated rings. The first-order valence-electron chi connectivity index (χ1n) is 5.48. The van der Waals surface area contributed by atoms with Crippen LogP contribution >= 0.6 is 0 Å². The zero-order valence-electron chi connectivity index (χ0n) is 8.75. The Morgan fingerprint density at radius 3 is 2.93 bits per heavy atom. The maximum Gasteiger partial charge on any atom is 0.126 e. The number of rotatable bonds is 2. The first-order chi connectivity index (χ1) is 7.33. The molecule has 1 aliphatic rings. The van der Waals surface area contributed by atoms with Crippen LogP contribution in [0.5, 0.6) is 0 Å². The fraction of sp³-hybridized carbons (Fsp3) is 0.500. The summed E-state index contributed by atoms with van der Waals surface area (Å²) in [6.45, 7) is 2.47. The molecule has 1 aliphatic heterocycles. The van der Waals surface area contributed by atoms with E-state index in [4.69, 9.17) is 5.73 Å². The summed E-state index contributed by atoms with van der Waals surface area (Å²) in [4.78, 5) is 0. The molecule has 0 spiro atoms. The molecule has 2 atom stereocenters. The Labute approximate surface area is 89.7 Å². The average Bonchev–Trinajstić information content (AvgIpc) is 2.30. The van der Waals surface area contributed by atoms with Crippen molar-refractivity contribution in [2.75, 3.05) is 19.6 Å². The Hall–Kier alpha value is -0.930. The van der Waals surface area contributed by atoms with E-state index in [2.05, 4.69) is 5.32 Å². The second-order valence-electron chi connectivity index (χ2n) is 4.12. The summed E-state index contributed by atoms with van der Waals surface area (Å²) in [7, 11) is 0. The third kappa shape index (κ3) is 2.19. The van der Waals surface area contributed by atoms with Gasteiger partial charge in [-0.25, -0.2) is 4.39 Å². The third-order valence-electron chi connectivity index (χ3n) is 3.23. The summed E-state index contributed by atoms with van der Waals surface area (Å²) in [5.74, 6) is 0.526. The summed E-state index contributed by atoms with van der Waals surface area (Å²) in [5.41, 5.74) is 6.54. The van der Waals surface area contributed by atoms with E-state index in [1.165, 1.54) is 6.07 Å². The zero-order valence-corrected chi connectivity index (χ0v) is 8.75. The molecular formula is C12H17FN2. The second-order valence-corrected chi connectivity index (χ2v) is 4.12. The van der Waals surface area contributed by atoms with E-state index < -0.39 is 0 Å². The van der Waals surface area contributed by atoms with Gasteiger partial charge in [-0.1, -0.05) is 18.2 Å². The van der Waals surface area contributed by atoms with Crippen LogP contribution in [-0.2, 0) is 0 Å². The van der Waals surface area contributed by atoms with Crippen molar-refractivity contribution < 1.29 is 4.39 Å². The normalized spacial score (nSPS) is 26.5. The molecule has 0 aliphatic carbocycles. The van der Waals surface area contributed by atoms with Crippen molar-refractivity contribution in [3.63, 3.8) is 0 Å². The summed E-state index contributed by atoms with van der Waals surface area (Å²) < 4.78 is 13.6. The summed E-state index contributed by atoms with van der Waals surface area (Å²) in [6, 6.07) is 7.01. The molecule has 0 amide bonds. The van der Waals surface area contributed by atoms with E-state index >= 15 is 0 Å². The topological polar surface area (TPSA) is 38.0 Å². The quantitative estimate of drug-likeness (QED) is 0.772. The van der Waals surface area contributed by atoms with Gasteiger partial charge in [0.25, 0.3) is 0 Å². The molecule has 0 bridgehead atoms. The third-order valence-corrected chi connectivity index (χ3v) is 3.23. The van der Waals surface area contributed by atoms with Gasteiger partial charge in [-0.05, 0) is 37.1 Å². The molecule has 0 radical (unpaired) electrons. The van der Waals surface area contributed by atoms with Gasteiger partial charge < -0.3 is 11.1 Å². The summed E-state index contributed by atoms with van der Waals surface area (Å²) >= 11 is 0. The lowest BCUT2D eigenvalue weighted by molar-refractivity contribution is 0.324. The Morgan fingerprint density at radius 2 is 2.20 bits per heavy atom. The van der Waals surface area contributed by atoms with Crippen LogP contribution in [0.2, 0.25) is 0 Å². The van der Waals surface area contributed by atoms with Gasteiger partial charge in [0.05, 0.1) is 0 Å². The highest BCUT2D eigenvalue weighted by molar-refractivity contribution is 5.23. The number of nitrogens with two attached hydrogens (primary N) is 1. The zero-order chi connectivity index (χ0) is 10.7. The molecular weight excluding hydrogens is 191 g/mol. The molecule has 1 saturated heterocycles. The number of piperidine rings is 1. The molecule has 1 heterocycles. The van der Waals surface area contributed by atoms with Crippen molar-refractivity contribution in [3.05, 3.63) is 35.6 Å². The van der Waals surface area contributed by atoms with Gasteiger partial charge in [-0.2, -0.15) is 0 Å². The number of benzene rings is 1. The van der Waals surface area contributed by atoms with E-state index in [9.17, 15) is 4.39 Å². The molecule has 2 rings (SSSR count). The SMILES string of the molecule is NCC1CCNCC1c1ccccc1F. The van der Waals surface area contributed by atoms with Gasteiger partial charge in [0.1, 0.15) is 5.82 Å². The van der Waals surface area contributed by atoms with Crippen molar-refractivity contribution in [3.8, 4) is 0 Å². The highest BCUT2D eigenvalue weighted by atomic mass is 19.1. The van der Waals surface area contributed by atoms with Crippen LogP contribution in [-0.4, -0.2) is 19.6 Å². The fourth-order valence-corrected chi connectivity index (χ4v) is 2.33. The van der Waals surface area contributed by atoms with Crippen LogP contribution < -0.4 is 11.1 Å². The fourth-order valence-electron chi connectivity index (χ4n) is 2.33. The van der Waals surface area contributed by atoms with Gasteiger partial charge in [0, 0.05) is 12.5 Å². The lowest BCUT2D eigenvalue weighted by Gasteiger charge is -2.31. The van der Waals surface area contributed by atoms with Crippen molar-refractivity contribution in [1.29, 1.82) is 0 Å². The van der Waals surface area contributed by atoms with Gasteiger partial charge >= 0.3 is 0 Å². The minimum atomic E-state index is -0.107. The lowest BCUT2D eigenvalue weighted by Crippen LogP contribution is -2.38. The molecule has 2 nitrogen and oxygen atoms in total. The maximum absolute atomic E-state index is 13.6. The van der Waals surface area contributed by atoms with Crippen LogP contribution in [0.15, 0.2) is 24.3 Å². The molecule has 1 aromatic rings. The average molecular weight is 208 g/mol. The highest BCUT2D eigenvalue weighted by Crippen LogP contribution is 2.29. The largest absolute Gasteiger partial charge is 0.330 e. The van der Waals surface area contributed by atoms with Gasteiger partial charge in [-0.15, -0.1) is 0 Å². The smallest absolute Gasteiger partial charge is 0.126 e. The minimum absolute atomic E-state index is 0.107. The number of halogens is 1. The van der Waals surface area contributed by atoms with E-state index in [0.29, 0.717) is 12.5 Å². The molecule has 3 N–H and O–H groups in total. The predicted octanol–water partition coefficient (Wildman–Crippen LogP) is 1.48. The summed E-state index contributed by atoms with van der Waals surface area (Å²) in [5, 5.41) is 3.30. The molecule has 3 heteroatoms. The highest BCUT2D eigenvalue weighted by Gasteiger charge is 2.26. The first kappa shape index (κ1) is 10.6. The Bertz CT molecular complexity index is 327. The van der Waals surface area contributed by atoms with E-state index in [1.807, 2.05) is 12.1 Å². The first-order valence-corrected chi connectivity index (χ1v) is 5.48. The number of nitrogens with one attached hydrogen (secondary N) is 1. The Morgan fingerprint density at radius 1 is 1.40 bits per heavy atom. The van der Waals surface area contributed by atoms with E-state index in [0.717, 1.165) is 25.1 Å². The molecule has 0 saturated carbocycles. The monoisotopic (exact) mass is 208 g/mol. The molecule has 82 valence electrons. The van der Waals surface area contributed by atoms with Gasteiger partial charge in [0.15, 0.2) is 0 Å². The van der Waals surface area contributed by atoms with Crippen molar-refractivity contribution in [1.82, 2.24) is 5.32 Å². The van der Waals surface area contributed by atoms with E-state index in [-0.39, 0.29) is 11.7 Å². The predicted molar refractivity (Wildman–Crippen MR) is 59.2 cm³/mol. The van der Waals surface area contributed by atoms with Crippen LogP contribution in [0.4, 0.5) is 4.39 Å². The van der Waals surface area contributed by atoms with Crippen molar-refractivity contribution in [2.24, 2.45) is 11.7 Å². The molecule has 2 unspecified atom stereocenters. The van der Waals surface area contributed by atoms with Crippen LogP contribution in [0.1, 0.15) is 17.9 Å². The second kappa shape index (κ2) is 4.73. The maximum atomic E-state index is 13.6. The number of hydrogen-bond acceptors (Lipinski definition) is 2. The van der Waals surface area contributed by atoms with E-state index in [1.54, 1.807) is 6.07 Å². The molecule has 1 aromatic carbocycles. The van der Waals surface area contributed by atoms with Crippen LogP contribution in [0.25, 0.3) is 0 Å². The minimum Gasteiger partial charge on any atom is -0.330 e.